The van der Waals surface area contributed by atoms with E-state index in [1.165, 1.54) is 17.1 Å². The predicted octanol–water partition coefficient (Wildman–Crippen LogP) is 2.34. The van der Waals surface area contributed by atoms with Gasteiger partial charge in [0, 0.05) is 36.4 Å². The second-order valence-corrected chi connectivity index (χ2v) is 7.57. The van der Waals surface area contributed by atoms with E-state index in [1.807, 2.05) is 18.2 Å². The van der Waals surface area contributed by atoms with Crippen LogP contribution in [-0.4, -0.2) is 44.2 Å². The topological polar surface area (TPSA) is 103 Å². The standard InChI is InChI=1S/C20H22N6O3S/c1-14(23-20-24-19(25-30-20)26-8-7-21-12-26)18(27)22-10-16(17-11-28-13-29-17)9-15-5-3-2-4-6-15/h2-8,11-12,14,16H,9-10,13H2,1H3,(H,22,27)(H,23,24,25)/t14-,16?/m0/s1. The van der Waals surface area contributed by atoms with Gasteiger partial charge in [-0.3, -0.25) is 9.36 Å². The predicted molar refractivity (Wildman–Crippen MR) is 112 cm³/mol. The molecule has 156 valence electrons. The summed E-state index contributed by atoms with van der Waals surface area (Å²) in [6.45, 7) is 2.43. The summed E-state index contributed by atoms with van der Waals surface area (Å²) in [7, 11) is 0. The van der Waals surface area contributed by atoms with Crippen LogP contribution < -0.4 is 10.6 Å². The van der Waals surface area contributed by atoms with Gasteiger partial charge in [-0.15, -0.1) is 0 Å². The molecule has 1 aliphatic heterocycles. The Bertz CT molecular complexity index is 989. The fourth-order valence-electron chi connectivity index (χ4n) is 3.02. The van der Waals surface area contributed by atoms with Gasteiger partial charge >= 0.3 is 0 Å². The Labute approximate surface area is 177 Å². The second kappa shape index (κ2) is 9.40. The highest BCUT2D eigenvalue weighted by atomic mass is 32.1. The van der Waals surface area contributed by atoms with Gasteiger partial charge in [0.25, 0.3) is 0 Å². The first-order valence-electron chi connectivity index (χ1n) is 9.53. The third-order valence-electron chi connectivity index (χ3n) is 4.63. The molecule has 1 aliphatic rings. The molecule has 3 aromatic rings. The molecule has 0 saturated heterocycles. The van der Waals surface area contributed by atoms with E-state index in [2.05, 4.69) is 37.1 Å². The molecule has 0 radical (unpaired) electrons. The fraction of sp³-hybridized carbons (Fsp3) is 0.300. The van der Waals surface area contributed by atoms with Crippen LogP contribution in [0, 0.1) is 5.92 Å². The molecule has 2 atom stereocenters. The van der Waals surface area contributed by atoms with Crippen LogP contribution in [0.3, 0.4) is 0 Å². The number of imidazole rings is 1. The summed E-state index contributed by atoms with van der Waals surface area (Å²) in [6, 6.07) is 9.62. The number of hydrogen-bond donors (Lipinski definition) is 2. The van der Waals surface area contributed by atoms with E-state index in [9.17, 15) is 4.79 Å². The summed E-state index contributed by atoms with van der Waals surface area (Å²) >= 11 is 1.19. The van der Waals surface area contributed by atoms with Gasteiger partial charge in [0.1, 0.15) is 24.4 Å². The van der Waals surface area contributed by atoms with Gasteiger partial charge in [0.05, 0.1) is 0 Å². The van der Waals surface area contributed by atoms with E-state index >= 15 is 0 Å². The van der Waals surface area contributed by atoms with Gasteiger partial charge in [0.2, 0.25) is 23.8 Å². The van der Waals surface area contributed by atoms with Crippen LogP contribution in [0.2, 0.25) is 0 Å². The van der Waals surface area contributed by atoms with Gasteiger partial charge in [-0.1, -0.05) is 30.3 Å². The van der Waals surface area contributed by atoms with Crippen molar-refractivity contribution < 1.29 is 14.3 Å². The average molecular weight is 427 g/mol. The Kier molecular flexibility index (Phi) is 6.23. The summed E-state index contributed by atoms with van der Waals surface area (Å²) in [5.41, 5.74) is 1.17. The zero-order valence-electron chi connectivity index (χ0n) is 16.4. The molecule has 2 aromatic heterocycles. The van der Waals surface area contributed by atoms with E-state index in [0.717, 1.165) is 12.2 Å². The first kappa shape index (κ1) is 19.9. The molecule has 9 nitrogen and oxygen atoms in total. The minimum Gasteiger partial charge on any atom is -0.462 e. The van der Waals surface area contributed by atoms with Gasteiger partial charge < -0.3 is 20.1 Å². The highest BCUT2D eigenvalue weighted by molar-refractivity contribution is 7.09. The molecule has 0 bridgehead atoms. The number of ether oxygens (including phenoxy) is 2. The van der Waals surface area contributed by atoms with Crippen molar-refractivity contribution in [3.05, 3.63) is 66.6 Å². The van der Waals surface area contributed by atoms with Crippen molar-refractivity contribution in [2.75, 3.05) is 18.7 Å². The van der Waals surface area contributed by atoms with Crippen molar-refractivity contribution >= 4 is 22.6 Å². The fourth-order valence-corrected chi connectivity index (χ4v) is 3.68. The monoisotopic (exact) mass is 426 g/mol. The largest absolute Gasteiger partial charge is 0.462 e. The lowest BCUT2D eigenvalue weighted by Gasteiger charge is -2.19. The molecule has 1 amide bonds. The average Bonchev–Trinajstić information content (AvgIpc) is 3.54. The van der Waals surface area contributed by atoms with Gasteiger partial charge in [-0.25, -0.2) is 4.98 Å². The van der Waals surface area contributed by atoms with Crippen LogP contribution >= 0.6 is 11.5 Å². The van der Waals surface area contributed by atoms with Gasteiger partial charge in [0.15, 0.2) is 0 Å². The normalized spacial score (nSPS) is 14.9. The van der Waals surface area contributed by atoms with E-state index in [1.54, 1.807) is 36.5 Å². The number of nitrogens with zero attached hydrogens (tertiary/aromatic N) is 4. The van der Waals surface area contributed by atoms with Crippen LogP contribution in [-0.2, 0) is 20.7 Å². The molecule has 0 saturated carbocycles. The van der Waals surface area contributed by atoms with E-state index in [0.29, 0.717) is 17.6 Å². The smallest absolute Gasteiger partial charge is 0.248 e. The second-order valence-electron chi connectivity index (χ2n) is 6.82. The summed E-state index contributed by atoms with van der Waals surface area (Å²) in [5.74, 6) is 1.11. The van der Waals surface area contributed by atoms with Crippen LogP contribution in [0.5, 0.6) is 0 Å². The molecule has 1 unspecified atom stereocenters. The highest BCUT2D eigenvalue weighted by Crippen LogP contribution is 2.22. The summed E-state index contributed by atoms with van der Waals surface area (Å²) in [6.07, 6.45) is 7.41. The molecular weight excluding hydrogens is 404 g/mol. The zero-order valence-corrected chi connectivity index (χ0v) is 17.2. The molecule has 1 aromatic carbocycles. The Balaban J connectivity index is 1.33. The van der Waals surface area contributed by atoms with Crippen molar-refractivity contribution in [3.63, 3.8) is 0 Å². The third-order valence-corrected chi connectivity index (χ3v) is 5.26. The Hall–Kier alpha value is -3.40. The molecule has 0 aliphatic carbocycles. The minimum absolute atomic E-state index is 0.0135. The lowest BCUT2D eigenvalue weighted by Crippen LogP contribution is -2.40. The summed E-state index contributed by atoms with van der Waals surface area (Å²) < 4.78 is 16.7. The zero-order chi connectivity index (χ0) is 20.8. The van der Waals surface area contributed by atoms with E-state index < -0.39 is 6.04 Å². The Morgan fingerprint density at radius 2 is 2.20 bits per heavy atom. The van der Waals surface area contributed by atoms with E-state index in [-0.39, 0.29) is 18.6 Å². The van der Waals surface area contributed by atoms with Crippen molar-refractivity contribution in [1.29, 1.82) is 0 Å². The number of nitrogens with one attached hydrogen (secondary N) is 2. The number of aromatic nitrogens is 4. The number of carbonyl (C=O) groups excluding carboxylic acids is 1. The van der Waals surface area contributed by atoms with Gasteiger partial charge in [-0.05, 0) is 18.9 Å². The number of benzene rings is 1. The SMILES string of the molecule is C[C@H](Nc1nc(-n2ccnc2)ns1)C(=O)NCC(Cc1ccccc1)C1=COCO1. The number of amides is 1. The third kappa shape index (κ3) is 4.95. The molecule has 2 N–H and O–H groups in total. The molecule has 0 spiro atoms. The number of anilines is 1. The number of hydrogen-bond acceptors (Lipinski definition) is 8. The van der Waals surface area contributed by atoms with Crippen molar-refractivity contribution in [3.8, 4) is 5.95 Å². The highest BCUT2D eigenvalue weighted by Gasteiger charge is 2.23. The lowest BCUT2D eigenvalue weighted by atomic mass is 9.97. The maximum Gasteiger partial charge on any atom is 0.248 e. The Morgan fingerprint density at radius 1 is 1.33 bits per heavy atom. The Morgan fingerprint density at radius 3 is 2.93 bits per heavy atom. The number of carbonyl (C=O) groups is 1. The maximum atomic E-state index is 12.6. The summed E-state index contributed by atoms with van der Waals surface area (Å²) in [5, 5.41) is 6.66. The molecule has 3 heterocycles. The maximum absolute atomic E-state index is 12.6. The van der Waals surface area contributed by atoms with Crippen LogP contribution in [0.15, 0.2) is 61.1 Å². The van der Waals surface area contributed by atoms with E-state index in [4.69, 9.17) is 9.47 Å². The summed E-state index contributed by atoms with van der Waals surface area (Å²) in [4.78, 5) is 21.0. The first-order chi connectivity index (χ1) is 14.7. The number of rotatable bonds is 9. The molecular formula is C20H22N6O3S. The molecule has 0 fully saturated rings. The van der Waals surface area contributed by atoms with Crippen molar-refractivity contribution in [1.82, 2.24) is 24.2 Å². The minimum atomic E-state index is -0.472. The first-order valence-corrected chi connectivity index (χ1v) is 10.3. The van der Waals surface area contributed by atoms with Gasteiger partial charge in [-0.2, -0.15) is 9.36 Å². The van der Waals surface area contributed by atoms with Crippen molar-refractivity contribution in [2.45, 2.75) is 19.4 Å². The van der Waals surface area contributed by atoms with Crippen LogP contribution in [0.4, 0.5) is 5.13 Å². The lowest BCUT2D eigenvalue weighted by molar-refractivity contribution is -0.121. The van der Waals surface area contributed by atoms with Crippen LogP contribution in [0.1, 0.15) is 12.5 Å². The van der Waals surface area contributed by atoms with Crippen LogP contribution in [0.25, 0.3) is 5.95 Å². The molecule has 30 heavy (non-hydrogen) atoms. The molecule has 4 rings (SSSR count). The molecule has 10 heteroatoms. The van der Waals surface area contributed by atoms with Crippen molar-refractivity contribution in [2.24, 2.45) is 5.92 Å². The quantitative estimate of drug-likeness (QED) is 0.541.